The van der Waals surface area contributed by atoms with Crippen molar-refractivity contribution >= 4 is 11.8 Å². The number of carbonyl (C=O) groups excluding carboxylic acids is 2. The predicted molar refractivity (Wildman–Crippen MR) is 76.5 cm³/mol. The maximum atomic E-state index is 12.5. The van der Waals surface area contributed by atoms with Crippen molar-refractivity contribution in [1.82, 2.24) is 4.90 Å². The van der Waals surface area contributed by atoms with Crippen LogP contribution in [0.15, 0.2) is 30.3 Å². The molecular formula is C15H21N3O2. The molecule has 1 saturated heterocycles. The third-order valence-corrected chi connectivity index (χ3v) is 3.99. The normalized spacial score (nSPS) is 24.2. The summed E-state index contributed by atoms with van der Waals surface area (Å²) in [6.45, 7) is 2.35. The zero-order valence-corrected chi connectivity index (χ0v) is 11.7. The summed E-state index contributed by atoms with van der Waals surface area (Å²) in [5.41, 5.74) is 12.2. The average molecular weight is 275 g/mol. The van der Waals surface area contributed by atoms with Crippen molar-refractivity contribution in [3.63, 3.8) is 0 Å². The molecular weight excluding hydrogens is 254 g/mol. The molecule has 0 bridgehead atoms. The van der Waals surface area contributed by atoms with Gasteiger partial charge in [0, 0.05) is 12.6 Å². The number of amides is 2. The molecule has 1 fully saturated rings. The fourth-order valence-electron chi connectivity index (χ4n) is 2.63. The van der Waals surface area contributed by atoms with Crippen molar-refractivity contribution in [1.29, 1.82) is 0 Å². The second kappa shape index (κ2) is 6.05. The Labute approximate surface area is 118 Å². The van der Waals surface area contributed by atoms with Gasteiger partial charge in [-0.2, -0.15) is 0 Å². The van der Waals surface area contributed by atoms with Crippen LogP contribution in [0.25, 0.3) is 0 Å². The monoisotopic (exact) mass is 275 g/mol. The molecule has 0 aliphatic carbocycles. The maximum absolute atomic E-state index is 12.5. The molecule has 0 saturated carbocycles. The van der Waals surface area contributed by atoms with Gasteiger partial charge in [-0.15, -0.1) is 0 Å². The second-order valence-corrected chi connectivity index (χ2v) is 5.40. The third kappa shape index (κ3) is 2.99. The molecule has 3 atom stereocenters. The molecule has 1 aliphatic rings. The van der Waals surface area contributed by atoms with Gasteiger partial charge in [-0.05, 0) is 25.3 Å². The smallest absolute Gasteiger partial charge is 0.244 e. The maximum Gasteiger partial charge on any atom is 0.244 e. The van der Waals surface area contributed by atoms with E-state index in [9.17, 15) is 9.59 Å². The Kier molecular flexibility index (Phi) is 4.39. The lowest BCUT2D eigenvalue weighted by molar-refractivity contribution is -0.139. The topological polar surface area (TPSA) is 89.4 Å². The third-order valence-electron chi connectivity index (χ3n) is 3.99. The molecule has 1 aliphatic heterocycles. The summed E-state index contributed by atoms with van der Waals surface area (Å²) in [4.78, 5) is 25.5. The molecule has 1 heterocycles. The number of nitrogens with zero attached hydrogens (tertiary/aromatic N) is 1. The molecule has 5 nitrogen and oxygen atoms in total. The predicted octanol–water partition coefficient (Wildman–Crippen LogP) is 0.799. The Balaban J connectivity index is 2.12. The largest absolute Gasteiger partial charge is 0.369 e. The van der Waals surface area contributed by atoms with Crippen LogP contribution in [0.5, 0.6) is 0 Å². The van der Waals surface area contributed by atoms with Crippen molar-refractivity contribution < 1.29 is 9.59 Å². The summed E-state index contributed by atoms with van der Waals surface area (Å²) in [7, 11) is 0. The van der Waals surface area contributed by atoms with Crippen molar-refractivity contribution in [3.05, 3.63) is 35.9 Å². The van der Waals surface area contributed by atoms with Gasteiger partial charge in [-0.25, -0.2) is 0 Å². The highest BCUT2D eigenvalue weighted by Crippen LogP contribution is 2.24. The van der Waals surface area contributed by atoms with Crippen LogP contribution in [0.1, 0.15) is 31.4 Å². The average Bonchev–Trinajstić information content (AvgIpc) is 2.47. The lowest BCUT2D eigenvalue weighted by Crippen LogP contribution is -2.51. The zero-order valence-electron chi connectivity index (χ0n) is 11.7. The molecule has 1 aromatic rings. The molecule has 5 heteroatoms. The Morgan fingerprint density at radius 2 is 1.90 bits per heavy atom. The van der Waals surface area contributed by atoms with Gasteiger partial charge < -0.3 is 16.4 Å². The fourth-order valence-corrected chi connectivity index (χ4v) is 2.63. The van der Waals surface area contributed by atoms with E-state index in [1.807, 2.05) is 37.3 Å². The molecule has 20 heavy (non-hydrogen) atoms. The summed E-state index contributed by atoms with van der Waals surface area (Å²) in [6, 6.07) is 8.67. The van der Waals surface area contributed by atoms with Gasteiger partial charge in [0.15, 0.2) is 0 Å². The minimum Gasteiger partial charge on any atom is -0.369 e. The fraction of sp³-hybridized carbons (Fsp3) is 0.467. The SMILES string of the molecule is CC1CCC(C(N)=O)CN1C(=O)[C@H](N)c1ccccc1. The van der Waals surface area contributed by atoms with Gasteiger partial charge in [0.25, 0.3) is 0 Å². The molecule has 2 amide bonds. The van der Waals surface area contributed by atoms with E-state index in [2.05, 4.69) is 0 Å². The van der Waals surface area contributed by atoms with Crippen molar-refractivity contribution in [2.45, 2.75) is 31.8 Å². The number of hydrogen-bond donors (Lipinski definition) is 2. The van der Waals surface area contributed by atoms with E-state index in [1.54, 1.807) is 4.90 Å². The number of primary amides is 1. The van der Waals surface area contributed by atoms with E-state index in [4.69, 9.17) is 11.5 Å². The second-order valence-electron chi connectivity index (χ2n) is 5.40. The number of benzene rings is 1. The van der Waals surface area contributed by atoms with Crippen LogP contribution in [-0.2, 0) is 9.59 Å². The Hall–Kier alpha value is -1.88. The molecule has 1 aromatic carbocycles. The van der Waals surface area contributed by atoms with Gasteiger partial charge >= 0.3 is 0 Å². The molecule has 0 aromatic heterocycles. The standard InChI is InChI=1S/C15H21N3O2/c1-10-7-8-12(14(17)19)9-18(10)15(20)13(16)11-5-3-2-4-6-11/h2-6,10,12-13H,7-9,16H2,1H3,(H2,17,19)/t10?,12?,13-/m1/s1. The number of rotatable bonds is 3. The van der Waals surface area contributed by atoms with Gasteiger partial charge in [-0.3, -0.25) is 9.59 Å². The van der Waals surface area contributed by atoms with Gasteiger partial charge in [0.1, 0.15) is 6.04 Å². The van der Waals surface area contributed by atoms with E-state index < -0.39 is 6.04 Å². The Morgan fingerprint density at radius 1 is 1.25 bits per heavy atom. The highest BCUT2D eigenvalue weighted by Gasteiger charge is 2.34. The zero-order chi connectivity index (χ0) is 14.7. The van der Waals surface area contributed by atoms with E-state index >= 15 is 0 Å². The first-order valence-corrected chi connectivity index (χ1v) is 6.91. The highest BCUT2D eigenvalue weighted by atomic mass is 16.2. The van der Waals surface area contributed by atoms with Crippen LogP contribution in [-0.4, -0.2) is 29.3 Å². The van der Waals surface area contributed by atoms with Crippen LogP contribution in [0.3, 0.4) is 0 Å². The summed E-state index contributed by atoms with van der Waals surface area (Å²) in [5, 5.41) is 0. The van der Waals surface area contributed by atoms with Crippen LogP contribution in [0.2, 0.25) is 0 Å². The Bertz CT molecular complexity index is 489. The molecule has 2 unspecified atom stereocenters. The summed E-state index contributed by atoms with van der Waals surface area (Å²) >= 11 is 0. The number of piperidine rings is 1. The molecule has 4 N–H and O–H groups in total. The van der Waals surface area contributed by atoms with E-state index in [0.717, 1.165) is 18.4 Å². The number of carbonyl (C=O) groups is 2. The minimum absolute atomic E-state index is 0.0906. The Morgan fingerprint density at radius 3 is 2.50 bits per heavy atom. The van der Waals surface area contributed by atoms with E-state index in [0.29, 0.717) is 6.54 Å². The van der Waals surface area contributed by atoms with Gasteiger partial charge in [0.05, 0.1) is 5.92 Å². The van der Waals surface area contributed by atoms with Crippen LogP contribution in [0, 0.1) is 5.92 Å². The lowest BCUT2D eigenvalue weighted by Gasteiger charge is -2.38. The molecule has 2 rings (SSSR count). The number of nitrogens with two attached hydrogens (primary N) is 2. The quantitative estimate of drug-likeness (QED) is 0.855. The summed E-state index contributed by atoms with van der Waals surface area (Å²) in [5.74, 6) is -0.754. The van der Waals surface area contributed by atoms with Crippen molar-refractivity contribution in [2.24, 2.45) is 17.4 Å². The molecule has 0 spiro atoms. The number of likely N-dealkylation sites (tertiary alicyclic amines) is 1. The van der Waals surface area contributed by atoms with Crippen LogP contribution in [0.4, 0.5) is 0 Å². The van der Waals surface area contributed by atoms with Crippen molar-refractivity contribution in [2.75, 3.05) is 6.54 Å². The van der Waals surface area contributed by atoms with Gasteiger partial charge in [-0.1, -0.05) is 30.3 Å². The lowest BCUT2D eigenvalue weighted by atomic mass is 9.92. The van der Waals surface area contributed by atoms with Crippen molar-refractivity contribution in [3.8, 4) is 0 Å². The molecule has 108 valence electrons. The highest BCUT2D eigenvalue weighted by molar-refractivity contribution is 5.84. The first-order valence-electron chi connectivity index (χ1n) is 6.91. The first-order chi connectivity index (χ1) is 9.50. The van der Waals surface area contributed by atoms with Gasteiger partial charge in [0.2, 0.25) is 11.8 Å². The molecule has 0 radical (unpaired) electrons. The summed E-state index contributed by atoms with van der Waals surface area (Å²) < 4.78 is 0. The van der Waals surface area contributed by atoms with Crippen LogP contribution >= 0.6 is 0 Å². The van der Waals surface area contributed by atoms with E-state index in [1.165, 1.54) is 0 Å². The van der Waals surface area contributed by atoms with Crippen LogP contribution < -0.4 is 11.5 Å². The number of hydrogen-bond acceptors (Lipinski definition) is 3. The summed E-state index contributed by atoms with van der Waals surface area (Å²) in [6.07, 6.45) is 1.52. The first kappa shape index (κ1) is 14.5. The minimum atomic E-state index is -0.690. The van der Waals surface area contributed by atoms with E-state index in [-0.39, 0.29) is 23.8 Å².